The highest BCUT2D eigenvalue weighted by atomic mass is 16.6. The van der Waals surface area contributed by atoms with Crippen LogP contribution in [0.1, 0.15) is 38.2 Å². The lowest BCUT2D eigenvalue weighted by atomic mass is 10.0. The van der Waals surface area contributed by atoms with Crippen molar-refractivity contribution in [2.24, 2.45) is 5.16 Å². The zero-order valence-electron chi connectivity index (χ0n) is 13.1. The molecule has 5 nitrogen and oxygen atoms in total. The molecule has 1 fully saturated rings. The molecule has 0 N–H and O–H groups in total. The van der Waals surface area contributed by atoms with Crippen LogP contribution in [0.2, 0.25) is 0 Å². The Kier molecular flexibility index (Phi) is 4.32. The molecule has 118 valence electrons. The smallest absolute Gasteiger partial charge is 0.267 e. The van der Waals surface area contributed by atoms with E-state index in [-0.39, 0.29) is 5.91 Å². The van der Waals surface area contributed by atoms with Gasteiger partial charge in [-0.1, -0.05) is 5.16 Å². The molecule has 2 heterocycles. The van der Waals surface area contributed by atoms with Gasteiger partial charge >= 0.3 is 0 Å². The molecule has 2 aliphatic heterocycles. The van der Waals surface area contributed by atoms with Crippen LogP contribution in [0.25, 0.3) is 0 Å². The summed E-state index contributed by atoms with van der Waals surface area (Å²) in [4.78, 5) is 19.9. The van der Waals surface area contributed by atoms with Crippen molar-refractivity contribution in [2.75, 3.05) is 13.7 Å². The van der Waals surface area contributed by atoms with E-state index in [4.69, 9.17) is 9.57 Å². The Morgan fingerprint density at radius 3 is 2.77 bits per heavy atom. The largest absolute Gasteiger partial charge is 0.497 e. The van der Waals surface area contributed by atoms with Crippen molar-refractivity contribution < 1.29 is 14.4 Å². The minimum absolute atomic E-state index is 0.0689. The van der Waals surface area contributed by atoms with E-state index in [9.17, 15) is 4.79 Å². The summed E-state index contributed by atoms with van der Waals surface area (Å²) < 4.78 is 5.15. The van der Waals surface area contributed by atoms with Crippen molar-refractivity contribution in [1.29, 1.82) is 0 Å². The maximum absolute atomic E-state index is 12.6. The summed E-state index contributed by atoms with van der Waals surface area (Å²) in [5, 5.41) is 4.11. The number of piperidine rings is 1. The topological polar surface area (TPSA) is 51.1 Å². The van der Waals surface area contributed by atoms with E-state index >= 15 is 0 Å². The zero-order chi connectivity index (χ0) is 15.5. The highest BCUT2D eigenvalue weighted by Crippen LogP contribution is 2.23. The molecule has 0 spiro atoms. The van der Waals surface area contributed by atoms with Gasteiger partial charge in [0.2, 0.25) is 6.10 Å². The molecule has 0 bridgehead atoms. The van der Waals surface area contributed by atoms with Crippen molar-refractivity contribution in [1.82, 2.24) is 4.90 Å². The van der Waals surface area contributed by atoms with Crippen molar-refractivity contribution >= 4 is 11.6 Å². The summed E-state index contributed by atoms with van der Waals surface area (Å²) in [5.41, 5.74) is 1.80. The average molecular weight is 302 g/mol. The Morgan fingerprint density at radius 1 is 1.32 bits per heavy atom. The van der Waals surface area contributed by atoms with Crippen LogP contribution in [-0.4, -0.2) is 42.3 Å². The Balaban J connectivity index is 1.64. The summed E-state index contributed by atoms with van der Waals surface area (Å²) in [7, 11) is 1.64. The standard InChI is InChI=1S/C17H22N2O3/c1-12-5-3-4-10-19(12)17(20)16-11-15(18-22-16)13-6-8-14(21-2)9-7-13/h6-9,12,16H,3-5,10-11H2,1-2H3/t12-,16+/m1/s1. The number of ether oxygens (including phenoxy) is 1. The predicted molar refractivity (Wildman–Crippen MR) is 84.0 cm³/mol. The van der Waals surface area contributed by atoms with Gasteiger partial charge in [-0.2, -0.15) is 0 Å². The first kappa shape index (κ1) is 14.9. The van der Waals surface area contributed by atoms with Gasteiger partial charge in [0.15, 0.2) is 0 Å². The number of nitrogens with zero attached hydrogens (tertiary/aromatic N) is 2. The molecule has 22 heavy (non-hydrogen) atoms. The molecule has 1 aromatic rings. The molecule has 1 saturated heterocycles. The van der Waals surface area contributed by atoms with Gasteiger partial charge in [0.05, 0.1) is 12.8 Å². The van der Waals surface area contributed by atoms with Gasteiger partial charge in [-0.15, -0.1) is 0 Å². The quantitative estimate of drug-likeness (QED) is 0.862. The minimum Gasteiger partial charge on any atom is -0.497 e. The molecule has 2 atom stereocenters. The minimum atomic E-state index is -0.474. The van der Waals surface area contributed by atoms with Gasteiger partial charge in [-0.25, -0.2) is 0 Å². The number of amides is 1. The molecule has 0 aromatic heterocycles. The number of hydrogen-bond acceptors (Lipinski definition) is 4. The molecule has 1 amide bonds. The first-order chi connectivity index (χ1) is 10.7. The number of carbonyl (C=O) groups excluding carboxylic acids is 1. The molecular weight excluding hydrogens is 280 g/mol. The summed E-state index contributed by atoms with van der Waals surface area (Å²) in [6.45, 7) is 2.94. The van der Waals surface area contributed by atoms with Crippen LogP contribution >= 0.6 is 0 Å². The van der Waals surface area contributed by atoms with Crippen LogP contribution in [-0.2, 0) is 9.63 Å². The van der Waals surface area contributed by atoms with E-state index in [0.717, 1.165) is 36.4 Å². The number of carbonyl (C=O) groups is 1. The lowest BCUT2D eigenvalue weighted by Gasteiger charge is -2.34. The molecule has 3 rings (SSSR count). The fourth-order valence-electron chi connectivity index (χ4n) is 3.07. The van der Waals surface area contributed by atoms with E-state index in [1.165, 1.54) is 6.42 Å². The molecule has 0 saturated carbocycles. The van der Waals surface area contributed by atoms with Crippen LogP contribution in [0.4, 0.5) is 0 Å². The van der Waals surface area contributed by atoms with E-state index in [0.29, 0.717) is 12.5 Å². The van der Waals surface area contributed by atoms with Crippen LogP contribution in [0.15, 0.2) is 29.4 Å². The monoisotopic (exact) mass is 302 g/mol. The third kappa shape index (κ3) is 2.93. The van der Waals surface area contributed by atoms with Crippen molar-refractivity contribution in [3.05, 3.63) is 29.8 Å². The number of rotatable bonds is 3. The summed E-state index contributed by atoms with van der Waals surface area (Å²) in [6.07, 6.45) is 3.41. The van der Waals surface area contributed by atoms with Gasteiger partial charge in [0.1, 0.15) is 5.75 Å². The number of hydrogen-bond donors (Lipinski definition) is 0. The molecule has 1 aromatic carbocycles. The van der Waals surface area contributed by atoms with Crippen LogP contribution in [0.5, 0.6) is 5.75 Å². The van der Waals surface area contributed by atoms with Crippen LogP contribution in [0, 0.1) is 0 Å². The Bertz CT molecular complexity index is 568. The molecule has 2 aliphatic rings. The Hall–Kier alpha value is -2.04. The summed E-state index contributed by atoms with van der Waals surface area (Å²) in [5.74, 6) is 0.873. The van der Waals surface area contributed by atoms with Crippen molar-refractivity contribution in [2.45, 2.75) is 44.8 Å². The number of likely N-dealkylation sites (tertiary alicyclic amines) is 1. The maximum atomic E-state index is 12.6. The van der Waals surface area contributed by atoms with Crippen LogP contribution < -0.4 is 4.74 Å². The van der Waals surface area contributed by atoms with Gasteiger partial charge in [-0.05, 0) is 56.0 Å². The molecular formula is C17H22N2O3. The van der Waals surface area contributed by atoms with Gasteiger partial charge in [-0.3, -0.25) is 4.79 Å². The molecule has 0 radical (unpaired) electrons. The van der Waals surface area contributed by atoms with E-state index < -0.39 is 6.10 Å². The first-order valence-electron chi connectivity index (χ1n) is 7.86. The third-order valence-corrected chi connectivity index (χ3v) is 4.45. The van der Waals surface area contributed by atoms with E-state index in [2.05, 4.69) is 12.1 Å². The molecule has 5 heteroatoms. The van der Waals surface area contributed by atoms with E-state index in [1.54, 1.807) is 7.11 Å². The van der Waals surface area contributed by atoms with Crippen molar-refractivity contribution in [3.63, 3.8) is 0 Å². The van der Waals surface area contributed by atoms with Gasteiger partial charge < -0.3 is 14.5 Å². The Morgan fingerprint density at radius 2 is 2.09 bits per heavy atom. The summed E-state index contributed by atoms with van der Waals surface area (Å²) in [6, 6.07) is 7.96. The fraction of sp³-hybridized carbons (Fsp3) is 0.529. The van der Waals surface area contributed by atoms with Crippen molar-refractivity contribution in [3.8, 4) is 5.75 Å². The third-order valence-electron chi connectivity index (χ3n) is 4.45. The molecule has 0 aliphatic carbocycles. The Labute approximate surface area is 130 Å². The predicted octanol–water partition coefficient (Wildman–Crippen LogP) is 2.59. The van der Waals surface area contributed by atoms with Gasteiger partial charge in [0, 0.05) is 19.0 Å². The van der Waals surface area contributed by atoms with E-state index in [1.807, 2.05) is 29.2 Å². The highest BCUT2D eigenvalue weighted by molar-refractivity contribution is 6.04. The SMILES string of the molecule is COc1ccc(C2=NO[C@H](C(=O)N3CCCC[C@H]3C)C2)cc1. The number of oxime groups is 1. The zero-order valence-corrected chi connectivity index (χ0v) is 13.1. The van der Waals surface area contributed by atoms with Gasteiger partial charge in [0.25, 0.3) is 5.91 Å². The first-order valence-corrected chi connectivity index (χ1v) is 7.86. The average Bonchev–Trinajstić information content (AvgIpc) is 3.05. The lowest BCUT2D eigenvalue weighted by Crippen LogP contribution is -2.47. The second-order valence-corrected chi connectivity index (χ2v) is 5.94. The van der Waals surface area contributed by atoms with Crippen LogP contribution in [0.3, 0.4) is 0 Å². The number of benzene rings is 1. The summed E-state index contributed by atoms with van der Waals surface area (Å²) >= 11 is 0. The normalized spacial score (nSPS) is 24.6. The molecule has 0 unspecified atom stereocenters. The fourth-order valence-corrected chi connectivity index (χ4v) is 3.07. The second kappa shape index (κ2) is 6.38. The highest BCUT2D eigenvalue weighted by Gasteiger charge is 2.35. The number of methoxy groups -OCH3 is 1. The maximum Gasteiger partial charge on any atom is 0.267 e. The second-order valence-electron chi connectivity index (χ2n) is 5.94. The lowest BCUT2D eigenvalue weighted by molar-refractivity contribution is -0.145.